The summed E-state index contributed by atoms with van der Waals surface area (Å²) < 4.78 is 14.6. The standard InChI is InChI=1S/C21H18FN3O2/c1-13-20(11-25(24-13)18-8-5-16(22)6-9-18)21(27)23-17-7-4-15(12-26)19(10-17)14-2-3-14/h4-12,14H,2-3H2,1H3,(H,23,27). The van der Waals surface area contributed by atoms with Crippen molar-refractivity contribution in [2.45, 2.75) is 25.7 Å². The summed E-state index contributed by atoms with van der Waals surface area (Å²) in [6.07, 6.45) is 4.62. The van der Waals surface area contributed by atoms with E-state index in [-0.39, 0.29) is 11.7 Å². The van der Waals surface area contributed by atoms with Gasteiger partial charge in [-0.05, 0) is 73.7 Å². The van der Waals surface area contributed by atoms with Gasteiger partial charge in [0.05, 0.1) is 16.9 Å². The second kappa shape index (κ2) is 6.79. The minimum atomic E-state index is -0.328. The first-order chi connectivity index (χ1) is 13.0. The number of anilines is 1. The molecular weight excluding hydrogens is 345 g/mol. The summed E-state index contributed by atoms with van der Waals surface area (Å²) in [6.45, 7) is 1.75. The van der Waals surface area contributed by atoms with Crippen LogP contribution in [0.1, 0.15) is 50.7 Å². The third kappa shape index (κ3) is 3.51. The molecular formula is C21H18FN3O2. The van der Waals surface area contributed by atoms with Gasteiger partial charge in [0.1, 0.15) is 12.1 Å². The summed E-state index contributed by atoms with van der Waals surface area (Å²) >= 11 is 0. The summed E-state index contributed by atoms with van der Waals surface area (Å²) in [5.74, 6) is -0.197. The molecule has 0 aliphatic heterocycles. The summed E-state index contributed by atoms with van der Waals surface area (Å²) in [6, 6.07) is 11.2. The van der Waals surface area contributed by atoms with Crippen LogP contribution in [0.2, 0.25) is 0 Å². The van der Waals surface area contributed by atoms with Crippen molar-refractivity contribution in [1.29, 1.82) is 0 Å². The fraction of sp³-hybridized carbons (Fsp3) is 0.190. The van der Waals surface area contributed by atoms with Gasteiger partial charge in [-0.1, -0.05) is 0 Å². The van der Waals surface area contributed by atoms with Crippen molar-refractivity contribution in [1.82, 2.24) is 9.78 Å². The number of halogens is 1. The highest BCUT2D eigenvalue weighted by Crippen LogP contribution is 2.42. The molecule has 1 aromatic heterocycles. The first-order valence-corrected chi connectivity index (χ1v) is 8.78. The zero-order valence-corrected chi connectivity index (χ0v) is 14.8. The molecule has 0 radical (unpaired) electrons. The van der Waals surface area contributed by atoms with Crippen molar-refractivity contribution in [2.24, 2.45) is 0 Å². The van der Waals surface area contributed by atoms with Crippen LogP contribution in [0.25, 0.3) is 5.69 Å². The largest absolute Gasteiger partial charge is 0.322 e. The van der Waals surface area contributed by atoms with E-state index in [9.17, 15) is 14.0 Å². The molecule has 27 heavy (non-hydrogen) atoms. The van der Waals surface area contributed by atoms with E-state index in [1.54, 1.807) is 42.1 Å². The van der Waals surface area contributed by atoms with E-state index < -0.39 is 0 Å². The summed E-state index contributed by atoms with van der Waals surface area (Å²) in [7, 11) is 0. The fourth-order valence-corrected chi connectivity index (χ4v) is 3.12. The minimum absolute atomic E-state index is 0.276. The molecule has 1 aliphatic rings. The number of carbonyl (C=O) groups is 2. The van der Waals surface area contributed by atoms with E-state index in [1.165, 1.54) is 12.1 Å². The number of amides is 1. The van der Waals surface area contributed by atoms with Gasteiger partial charge in [-0.3, -0.25) is 9.59 Å². The van der Waals surface area contributed by atoms with Gasteiger partial charge in [0.2, 0.25) is 0 Å². The Morgan fingerprint density at radius 2 is 1.96 bits per heavy atom. The van der Waals surface area contributed by atoms with E-state index in [0.29, 0.717) is 34.1 Å². The molecule has 0 saturated heterocycles. The van der Waals surface area contributed by atoms with Crippen LogP contribution in [-0.4, -0.2) is 22.0 Å². The number of aromatic nitrogens is 2. The first kappa shape index (κ1) is 17.1. The zero-order valence-electron chi connectivity index (χ0n) is 14.8. The fourth-order valence-electron chi connectivity index (χ4n) is 3.12. The number of nitrogens with zero attached hydrogens (tertiary/aromatic N) is 2. The SMILES string of the molecule is Cc1nn(-c2ccc(F)cc2)cc1C(=O)Nc1ccc(C=O)c(C2CC2)c1. The van der Waals surface area contributed by atoms with Crippen LogP contribution in [-0.2, 0) is 0 Å². The molecule has 1 aliphatic carbocycles. The molecule has 3 aromatic rings. The van der Waals surface area contributed by atoms with Crippen LogP contribution < -0.4 is 5.32 Å². The molecule has 5 nitrogen and oxygen atoms in total. The quantitative estimate of drug-likeness (QED) is 0.689. The maximum absolute atomic E-state index is 13.1. The molecule has 136 valence electrons. The zero-order chi connectivity index (χ0) is 19.0. The van der Waals surface area contributed by atoms with Crippen LogP contribution in [0.5, 0.6) is 0 Å². The predicted octanol–water partition coefficient (Wildman–Crippen LogP) is 4.26. The number of aldehydes is 1. The van der Waals surface area contributed by atoms with Gasteiger partial charge in [-0.2, -0.15) is 5.10 Å². The lowest BCUT2D eigenvalue weighted by Gasteiger charge is -2.08. The van der Waals surface area contributed by atoms with Gasteiger partial charge in [0.15, 0.2) is 0 Å². The molecule has 0 atom stereocenters. The molecule has 1 fully saturated rings. The van der Waals surface area contributed by atoms with E-state index in [4.69, 9.17) is 0 Å². The Labute approximate surface area is 155 Å². The van der Waals surface area contributed by atoms with Crippen LogP contribution in [0, 0.1) is 12.7 Å². The summed E-state index contributed by atoms with van der Waals surface area (Å²) in [5.41, 5.74) is 4.00. The number of hydrogen-bond acceptors (Lipinski definition) is 3. The Kier molecular flexibility index (Phi) is 4.32. The molecule has 0 bridgehead atoms. The molecule has 0 spiro atoms. The smallest absolute Gasteiger partial charge is 0.259 e. The van der Waals surface area contributed by atoms with Crippen molar-refractivity contribution < 1.29 is 14.0 Å². The monoisotopic (exact) mass is 363 g/mol. The first-order valence-electron chi connectivity index (χ1n) is 8.78. The lowest BCUT2D eigenvalue weighted by atomic mass is 10.0. The maximum Gasteiger partial charge on any atom is 0.259 e. The molecule has 1 amide bonds. The highest BCUT2D eigenvalue weighted by atomic mass is 19.1. The molecule has 2 aromatic carbocycles. The molecule has 0 unspecified atom stereocenters. The van der Waals surface area contributed by atoms with Crippen LogP contribution in [0.4, 0.5) is 10.1 Å². The van der Waals surface area contributed by atoms with Crippen molar-refractivity contribution >= 4 is 17.9 Å². The van der Waals surface area contributed by atoms with E-state index in [0.717, 1.165) is 24.7 Å². The number of rotatable bonds is 5. The van der Waals surface area contributed by atoms with Gasteiger partial charge in [-0.25, -0.2) is 9.07 Å². The minimum Gasteiger partial charge on any atom is -0.322 e. The summed E-state index contributed by atoms with van der Waals surface area (Å²) in [5, 5.41) is 7.22. The highest BCUT2D eigenvalue weighted by Gasteiger charge is 2.26. The molecule has 1 saturated carbocycles. The van der Waals surface area contributed by atoms with Crippen LogP contribution in [0.15, 0.2) is 48.7 Å². The van der Waals surface area contributed by atoms with Gasteiger partial charge in [0.25, 0.3) is 5.91 Å². The molecule has 6 heteroatoms. The van der Waals surface area contributed by atoms with Gasteiger partial charge in [-0.15, -0.1) is 0 Å². The van der Waals surface area contributed by atoms with Crippen LogP contribution in [0.3, 0.4) is 0 Å². The topological polar surface area (TPSA) is 64.0 Å². The normalized spacial score (nSPS) is 13.4. The van der Waals surface area contributed by atoms with Crippen LogP contribution >= 0.6 is 0 Å². The Bertz CT molecular complexity index is 1020. The lowest BCUT2D eigenvalue weighted by Crippen LogP contribution is -2.12. The van der Waals surface area contributed by atoms with Crippen molar-refractivity contribution in [3.8, 4) is 5.69 Å². The summed E-state index contributed by atoms with van der Waals surface area (Å²) in [4.78, 5) is 23.9. The van der Waals surface area contributed by atoms with Gasteiger partial charge < -0.3 is 5.32 Å². The number of aryl methyl sites for hydroxylation is 1. The molecule has 4 rings (SSSR count). The second-order valence-electron chi connectivity index (χ2n) is 6.74. The van der Waals surface area contributed by atoms with Crippen molar-refractivity contribution in [3.05, 3.63) is 76.9 Å². The molecule has 1 heterocycles. The highest BCUT2D eigenvalue weighted by molar-refractivity contribution is 6.05. The van der Waals surface area contributed by atoms with Gasteiger partial charge in [0, 0.05) is 17.4 Å². The second-order valence-corrected chi connectivity index (χ2v) is 6.74. The Balaban J connectivity index is 1.57. The average Bonchev–Trinajstić information content (AvgIpc) is 3.44. The van der Waals surface area contributed by atoms with E-state index in [1.807, 2.05) is 6.07 Å². The van der Waals surface area contributed by atoms with Gasteiger partial charge >= 0.3 is 0 Å². The van der Waals surface area contributed by atoms with Crippen molar-refractivity contribution in [2.75, 3.05) is 5.32 Å². The van der Waals surface area contributed by atoms with E-state index in [2.05, 4.69) is 10.4 Å². The lowest BCUT2D eigenvalue weighted by molar-refractivity contribution is 0.102. The number of hydrogen-bond donors (Lipinski definition) is 1. The Morgan fingerprint density at radius 1 is 1.22 bits per heavy atom. The average molecular weight is 363 g/mol. The van der Waals surface area contributed by atoms with E-state index >= 15 is 0 Å². The Morgan fingerprint density at radius 3 is 2.63 bits per heavy atom. The Hall–Kier alpha value is -3.28. The maximum atomic E-state index is 13.1. The third-order valence-corrected chi connectivity index (χ3v) is 4.72. The number of nitrogens with one attached hydrogen (secondary N) is 1. The number of benzene rings is 2. The third-order valence-electron chi connectivity index (χ3n) is 4.72. The predicted molar refractivity (Wildman–Crippen MR) is 100 cm³/mol. The van der Waals surface area contributed by atoms with Crippen molar-refractivity contribution in [3.63, 3.8) is 0 Å². The molecule has 1 N–H and O–H groups in total. The number of carbonyl (C=O) groups excluding carboxylic acids is 2.